The van der Waals surface area contributed by atoms with E-state index in [0.717, 1.165) is 37.3 Å². The topological polar surface area (TPSA) is 78.7 Å². The van der Waals surface area contributed by atoms with Crippen LogP contribution >= 0.6 is 0 Å². The van der Waals surface area contributed by atoms with E-state index in [4.69, 9.17) is 0 Å². The zero-order valence-corrected chi connectivity index (χ0v) is 16.5. The molecule has 150 valence electrons. The van der Waals surface area contributed by atoms with Crippen LogP contribution in [0.5, 0.6) is 0 Å². The first-order valence-corrected chi connectivity index (χ1v) is 10.0. The van der Waals surface area contributed by atoms with E-state index in [1.165, 1.54) is 12.8 Å². The summed E-state index contributed by atoms with van der Waals surface area (Å²) in [6.45, 7) is 3.58. The van der Waals surface area contributed by atoms with Crippen molar-refractivity contribution in [1.29, 1.82) is 0 Å². The first kappa shape index (κ1) is 19.0. The number of hydrogen-bond acceptors (Lipinski definition) is 3. The number of pyridine rings is 1. The fourth-order valence-electron chi connectivity index (χ4n) is 3.57. The number of urea groups is 1. The predicted octanol–water partition coefficient (Wildman–Crippen LogP) is 4.30. The number of amides is 3. The number of hydrogen-bond donors (Lipinski definition) is 2. The number of nitrogens with zero attached hydrogens (tertiary/aromatic N) is 3. The second-order valence-corrected chi connectivity index (χ2v) is 7.38. The Morgan fingerprint density at radius 1 is 0.897 bits per heavy atom. The van der Waals surface area contributed by atoms with Crippen LogP contribution in [0.2, 0.25) is 0 Å². The highest BCUT2D eigenvalue weighted by Gasteiger charge is 2.16. The maximum absolute atomic E-state index is 12.5. The minimum absolute atomic E-state index is 0.0660. The largest absolute Gasteiger partial charge is 0.325 e. The van der Waals surface area contributed by atoms with Crippen LogP contribution in [0.3, 0.4) is 0 Å². The number of carbonyl (C=O) groups excluding carboxylic acids is 2. The van der Waals surface area contributed by atoms with Crippen molar-refractivity contribution in [3.05, 3.63) is 60.0 Å². The van der Waals surface area contributed by atoms with Crippen molar-refractivity contribution in [1.82, 2.24) is 14.3 Å². The van der Waals surface area contributed by atoms with E-state index in [9.17, 15) is 9.59 Å². The Morgan fingerprint density at radius 3 is 2.21 bits per heavy atom. The molecule has 1 saturated heterocycles. The van der Waals surface area contributed by atoms with Gasteiger partial charge in [0.2, 0.25) is 0 Å². The molecule has 29 heavy (non-hydrogen) atoms. The molecule has 0 atom stereocenters. The molecule has 0 bridgehead atoms. The molecule has 1 aromatic carbocycles. The number of anilines is 2. The monoisotopic (exact) mass is 391 g/mol. The van der Waals surface area contributed by atoms with E-state index < -0.39 is 0 Å². The summed E-state index contributed by atoms with van der Waals surface area (Å²) < 4.78 is 1.89. The van der Waals surface area contributed by atoms with Crippen LogP contribution in [-0.2, 0) is 0 Å². The minimum atomic E-state index is -0.269. The van der Waals surface area contributed by atoms with Gasteiger partial charge in [0.05, 0.1) is 0 Å². The highest BCUT2D eigenvalue weighted by Crippen LogP contribution is 2.17. The average Bonchev–Trinajstić information content (AvgIpc) is 2.98. The van der Waals surface area contributed by atoms with Gasteiger partial charge in [-0.3, -0.25) is 4.79 Å². The minimum Gasteiger partial charge on any atom is -0.325 e. The lowest BCUT2D eigenvalue weighted by molar-refractivity contribution is 0.102. The highest BCUT2D eigenvalue weighted by atomic mass is 16.2. The quantitative estimate of drug-likeness (QED) is 0.699. The van der Waals surface area contributed by atoms with Crippen LogP contribution in [-0.4, -0.2) is 39.3 Å². The van der Waals surface area contributed by atoms with Gasteiger partial charge in [-0.25, -0.2) is 9.78 Å². The zero-order valence-electron chi connectivity index (χ0n) is 16.5. The van der Waals surface area contributed by atoms with Crippen molar-refractivity contribution < 1.29 is 9.59 Å². The summed E-state index contributed by atoms with van der Waals surface area (Å²) in [6, 6.07) is 12.8. The number of imidazole rings is 1. The van der Waals surface area contributed by atoms with Gasteiger partial charge in [0.15, 0.2) is 0 Å². The van der Waals surface area contributed by atoms with E-state index in [-0.39, 0.29) is 11.9 Å². The fourth-order valence-corrected chi connectivity index (χ4v) is 3.57. The summed E-state index contributed by atoms with van der Waals surface area (Å²) in [7, 11) is 0. The second kappa shape index (κ2) is 8.34. The summed E-state index contributed by atoms with van der Waals surface area (Å²) in [5.41, 5.74) is 3.47. The maximum atomic E-state index is 12.5. The number of fused-ring (bicyclic) bond motifs is 1. The van der Waals surface area contributed by atoms with Gasteiger partial charge in [0, 0.05) is 36.4 Å². The number of benzene rings is 1. The van der Waals surface area contributed by atoms with Crippen LogP contribution in [0.4, 0.5) is 16.2 Å². The van der Waals surface area contributed by atoms with E-state index in [0.29, 0.717) is 17.1 Å². The van der Waals surface area contributed by atoms with E-state index >= 15 is 0 Å². The standard InChI is InChI=1S/C22H25N5O2/c1-16-7-6-8-20-25-19(15-27(16)20)21(28)23-17-9-11-18(12-10-17)24-22(29)26-13-4-2-3-5-14-26/h6-12,15H,2-5,13-14H2,1H3,(H,23,28)(H,24,29). The molecule has 0 unspecified atom stereocenters. The lowest BCUT2D eigenvalue weighted by Crippen LogP contribution is -2.35. The zero-order chi connectivity index (χ0) is 20.2. The van der Waals surface area contributed by atoms with E-state index in [1.807, 2.05) is 34.4 Å². The van der Waals surface area contributed by atoms with Gasteiger partial charge in [-0.1, -0.05) is 18.9 Å². The fraction of sp³-hybridized carbons (Fsp3) is 0.318. The van der Waals surface area contributed by atoms with Gasteiger partial charge in [-0.05, 0) is 56.2 Å². The third kappa shape index (κ3) is 4.39. The van der Waals surface area contributed by atoms with Crippen LogP contribution in [0, 0.1) is 6.92 Å². The molecular formula is C22H25N5O2. The van der Waals surface area contributed by atoms with Crippen molar-refractivity contribution >= 4 is 29.0 Å². The Balaban J connectivity index is 1.39. The van der Waals surface area contributed by atoms with Crippen molar-refractivity contribution in [2.75, 3.05) is 23.7 Å². The first-order valence-electron chi connectivity index (χ1n) is 10.0. The number of aromatic nitrogens is 2. The molecule has 1 fully saturated rings. The molecule has 0 spiro atoms. The van der Waals surface area contributed by atoms with Crippen LogP contribution in [0.15, 0.2) is 48.7 Å². The Morgan fingerprint density at radius 2 is 1.55 bits per heavy atom. The molecule has 0 aliphatic carbocycles. The van der Waals surface area contributed by atoms with Gasteiger partial charge in [-0.15, -0.1) is 0 Å². The highest BCUT2D eigenvalue weighted by molar-refractivity contribution is 6.03. The lowest BCUT2D eigenvalue weighted by atomic mass is 10.2. The smallest absolute Gasteiger partial charge is 0.321 e. The molecule has 1 aliphatic rings. The Labute approximate surface area is 169 Å². The van der Waals surface area contributed by atoms with Crippen molar-refractivity contribution in [3.8, 4) is 0 Å². The van der Waals surface area contributed by atoms with E-state index in [2.05, 4.69) is 15.6 Å². The van der Waals surface area contributed by atoms with Crippen LogP contribution < -0.4 is 10.6 Å². The Hall–Kier alpha value is -3.35. The summed E-state index contributed by atoms with van der Waals surface area (Å²) in [6.07, 6.45) is 6.21. The molecule has 7 heteroatoms. The molecule has 3 heterocycles. The molecule has 2 aromatic heterocycles. The van der Waals surface area contributed by atoms with E-state index in [1.54, 1.807) is 30.5 Å². The van der Waals surface area contributed by atoms with Gasteiger partial charge < -0.3 is 19.9 Å². The normalized spacial score (nSPS) is 14.4. The number of carbonyl (C=O) groups is 2. The maximum Gasteiger partial charge on any atom is 0.321 e. The summed E-state index contributed by atoms with van der Waals surface area (Å²) in [4.78, 5) is 31.2. The molecule has 2 N–H and O–H groups in total. The van der Waals surface area contributed by atoms with Crippen molar-refractivity contribution in [2.45, 2.75) is 32.6 Å². The molecule has 7 nitrogen and oxygen atoms in total. The molecule has 3 amide bonds. The molecular weight excluding hydrogens is 366 g/mol. The summed E-state index contributed by atoms with van der Waals surface area (Å²) >= 11 is 0. The number of aryl methyl sites for hydroxylation is 1. The number of nitrogens with one attached hydrogen (secondary N) is 2. The second-order valence-electron chi connectivity index (χ2n) is 7.38. The molecule has 4 rings (SSSR count). The van der Waals surface area contributed by atoms with Gasteiger partial charge >= 0.3 is 6.03 Å². The Kier molecular flexibility index (Phi) is 5.46. The molecule has 3 aromatic rings. The predicted molar refractivity (Wildman–Crippen MR) is 113 cm³/mol. The summed E-state index contributed by atoms with van der Waals surface area (Å²) in [5.74, 6) is -0.269. The lowest BCUT2D eigenvalue weighted by Gasteiger charge is -2.20. The Bertz CT molecular complexity index is 1020. The van der Waals surface area contributed by atoms with Gasteiger partial charge in [0.25, 0.3) is 5.91 Å². The molecule has 1 aliphatic heterocycles. The SMILES string of the molecule is Cc1cccc2nc(C(=O)Nc3ccc(NC(=O)N4CCCCCC4)cc3)cn12. The number of rotatable bonds is 3. The third-order valence-corrected chi connectivity index (χ3v) is 5.22. The van der Waals surface area contributed by atoms with Gasteiger partial charge in [-0.2, -0.15) is 0 Å². The van der Waals surface area contributed by atoms with Crippen LogP contribution in [0.25, 0.3) is 5.65 Å². The number of likely N-dealkylation sites (tertiary alicyclic amines) is 1. The average molecular weight is 391 g/mol. The van der Waals surface area contributed by atoms with Crippen molar-refractivity contribution in [3.63, 3.8) is 0 Å². The first-order chi connectivity index (χ1) is 14.1. The van der Waals surface area contributed by atoms with Gasteiger partial charge in [0.1, 0.15) is 11.3 Å². The summed E-state index contributed by atoms with van der Waals surface area (Å²) in [5, 5.41) is 5.79. The molecule has 0 saturated carbocycles. The molecule has 0 radical (unpaired) electrons. The van der Waals surface area contributed by atoms with Crippen LogP contribution in [0.1, 0.15) is 41.9 Å². The third-order valence-electron chi connectivity index (χ3n) is 5.22. The van der Waals surface area contributed by atoms with Crippen molar-refractivity contribution in [2.24, 2.45) is 0 Å².